The number of carbonyl (C=O) groups excluding carboxylic acids is 2. The van der Waals surface area contributed by atoms with Crippen LogP contribution in [0, 0.1) is 0 Å². The van der Waals surface area contributed by atoms with E-state index in [2.05, 4.69) is 4.74 Å². The zero-order valence-corrected chi connectivity index (χ0v) is 11.8. The van der Waals surface area contributed by atoms with Crippen molar-refractivity contribution in [2.45, 2.75) is 25.3 Å². The van der Waals surface area contributed by atoms with Crippen molar-refractivity contribution in [2.75, 3.05) is 7.11 Å². The van der Waals surface area contributed by atoms with Gasteiger partial charge >= 0.3 is 11.9 Å². The Morgan fingerprint density at radius 2 is 1.81 bits per heavy atom. The van der Waals surface area contributed by atoms with Gasteiger partial charge in [0.05, 0.1) is 7.11 Å². The molecule has 0 heterocycles. The van der Waals surface area contributed by atoms with E-state index in [0.717, 1.165) is 0 Å². The van der Waals surface area contributed by atoms with Gasteiger partial charge in [0, 0.05) is 12.0 Å². The number of methoxy groups -OCH3 is 1. The monoisotopic (exact) mass is 296 g/mol. The van der Waals surface area contributed by atoms with Crippen LogP contribution in [0.25, 0.3) is 0 Å². The van der Waals surface area contributed by atoms with Crippen LogP contribution < -0.4 is 11.5 Å². The van der Waals surface area contributed by atoms with E-state index in [1.807, 2.05) is 6.07 Å². The Bertz CT molecular complexity index is 462. The zero-order chi connectivity index (χ0) is 16.3. The number of carboxylic acids is 1. The minimum absolute atomic E-state index is 0.220. The average Bonchev–Trinajstić information content (AvgIpc) is 2.48. The van der Waals surface area contributed by atoms with E-state index in [0.29, 0.717) is 18.4 Å². The summed E-state index contributed by atoms with van der Waals surface area (Å²) in [6, 6.07) is 7.88. The van der Waals surface area contributed by atoms with E-state index in [-0.39, 0.29) is 18.3 Å². The zero-order valence-electron chi connectivity index (χ0n) is 11.8. The molecule has 0 aliphatic heterocycles. The van der Waals surface area contributed by atoms with Crippen molar-refractivity contribution in [3.8, 4) is 0 Å². The fraction of sp³-hybridized carbons (Fsp3) is 0.357. The minimum atomic E-state index is -1.04. The van der Waals surface area contributed by atoms with Gasteiger partial charge in [-0.05, 0) is 25.0 Å². The molecule has 7 heteroatoms. The number of amides is 1. The maximum absolute atomic E-state index is 10.6. The van der Waals surface area contributed by atoms with E-state index in [1.165, 1.54) is 7.11 Å². The smallest absolute Gasteiger partial charge is 0.320 e. The summed E-state index contributed by atoms with van der Waals surface area (Å²) in [4.78, 5) is 31.2. The van der Waals surface area contributed by atoms with Gasteiger partial charge in [0.25, 0.3) is 0 Å². The standard InChI is InChI=1S/C7H13NO4.C7H7NO/c1-12-6(9)4-2-3-5(8)7(10)11;8-7(9)6-4-2-1-3-5-6/h5H,2-4,8H2,1H3,(H,10,11);1-5H,(H2,8,9)/t5-;/m0./s1. The van der Waals surface area contributed by atoms with E-state index in [9.17, 15) is 14.4 Å². The molecule has 0 saturated carbocycles. The maximum atomic E-state index is 10.6. The Morgan fingerprint density at radius 1 is 1.24 bits per heavy atom. The van der Waals surface area contributed by atoms with Gasteiger partial charge in [0.15, 0.2) is 0 Å². The van der Waals surface area contributed by atoms with Crippen molar-refractivity contribution in [2.24, 2.45) is 11.5 Å². The highest BCUT2D eigenvalue weighted by Gasteiger charge is 2.11. The van der Waals surface area contributed by atoms with Crippen LogP contribution in [0.15, 0.2) is 30.3 Å². The van der Waals surface area contributed by atoms with Crippen LogP contribution in [0.3, 0.4) is 0 Å². The molecular weight excluding hydrogens is 276 g/mol. The van der Waals surface area contributed by atoms with Crippen LogP contribution in [-0.2, 0) is 14.3 Å². The van der Waals surface area contributed by atoms with Crippen LogP contribution >= 0.6 is 0 Å². The molecule has 0 saturated heterocycles. The molecule has 0 spiro atoms. The van der Waals surface area contributed by atoms with Crippen LogP contribution in [0.2, 0.25) is 0 Å². The second-order valence-electron chi connectivity index (χ2n) is 4.14. The molecule has 0 unspecified atom stereocenters. The van der Waals surface area contributed by atoms with Gasteiger partial charge in [0.2, 0.25) is 5.91 Å². The molecule has 0 aliphatic carbocycles. The fourth-order valence-electron chi connectivity index (χ4n) is 1.29. The van der Waals surface area contributed by atoms with Crippen molar-refractivity contribution in [1.82, 2.24) is 0 Å². The summed E-state index contributed by atoms with van der Waals surface area (Å²) in [6.45, 7) is 0. The van der Waals surface area contributed by atoms with E-state index >= 15 is 0 Å². The van der Waals surface area contributed by atoms with Gasteiger partial charge in [0.1, 0.15) is 6.04 Å². The van der Waals surface area contributed by atoms with Gasteiger partial charge < -0.3 is 21.3 Å². The van der Waals surface area contributed by atoms with Gasteiger partial charge in [-0.1, -0.05) is 18.2 Å². The highest BCUT2D eigenvalue weighted by molar-refractivity contribution is 5.92. The number of esters is 1. The van der Waals surface area contributed by atoms with E-state index in [4.69, 9.17) is 16.6 Å². The molecule has 0 aromatic heterocycles. The van der Waals surface area contributed by atoms with E-state index in [1.54, 1.807) is 24.3 Å². The summed E-state index contributed by atoms with van der Waals surface area (Å²) < 4.78 is 4.37. The first kappa shape index (κ1) is 18.6. The molecule has 1 aromatic rings. The summed E-state index contributed by atoms with van der Waals surface area (Å²) in [7, 11) is 1.29. The number of ether oxygens (including phenoxy) is 1. The number of hydrogen-bond donors (Lipinski definition) is 3. The molecule has 1 amide bonds. The number of rotatable bonds is 6. The molecular formula is C14H20N2O5. The lowest BCUT2D eigenvalue weighted by atomic mass is 10.1. The Kier molecular flexibility index (Phi) is 9.19. The van der Waals surface area contributed by atoms with Crippen LogP contribution in [-0.4, -0.2) is 36.1 Å². The summed E-state index contributed by atoms with van der Waals surface area (Å²) in [5.41, 5.74) is 10.7. The molecule has 0 aliphatic rings. The third-order valence-corrected chi connectivity index (χ3v) is 2.50. The number of carbonyl (C=O) groups is 3. The highest BCUT2D eigenvalue weighted by Crippen LogP contribution is 2.00. The molecule has 1 rings (SSSR count). The number of benzene rings is 1. The van der Waals surface area contributed by atoms with Gasteiger partial charge in [-0.15, -0.1) is 0 Å². The van der Waals surface area contributed by atoms with Crippen LogP contribution in [0.4, 0.5) is 0 Å². The third-order valence-electron chi connectivity index (χ3n) is 2.50. The Morgan fingerprint density at radius 3 is 2.19 bits per heavy atom. The Balaban J connectivity index is 0.000000394. The SMILES string of the molecule is COC(=O)CCC[C@H](N)C(=O)O.NC(=O)c1ccccc1. The lowest BCUT2D eigenvalue weighted by Gasteiger charge is -2.04. The predicted molar refractivity (Wildman–Crippen MR) is 76.4 cm³/mol. The number of nitrogens with two attached hydrogens (primary N) is 2. The molecule has 0 radical (unpaired) electrons. The lowest BCUT2D eigenvalue weighted by molar-refractivity contribution is -0.142. The number of primary amides is 1. The topological polar surface area (TPSA) is 133 Å². The molecule has 5 N–H and O–H groups in total. The second kappa shape index (κ2) is 10.4. The second-order valence-corrected chi connectivity index (χ2v) is 4.14. The molecule has 116 valence electrons. The Hall–Kier alpha value is -2.41. The van der Waals surface area contributed by atoms with Crippen LogP contribution in [0.5, 0.6) is 0 Å². The third kappa shape index (κ3) is 9.17. The molecule has 1 atom stereocenters. The molecule has 7 nitrogen and oxygen atoms in total. The first-order valence-electron chi connectivity index (χ1n) is 6.28. The van der Waals surface area contributed by atoms with Crippen molar-refractivity contribution in [3.05, 3.63) is 35.9 Å². The Labute approximate surface area is 122 Å². The van der Waals surface area contributed by atoms with Gasteiger partial charge in [-0.25, -0.2) is 0 Å². The van der Waals surface area contributed by atoms with Gasteiger partial charge in [-0.3, -0.25) is 14.4 Å². The van der Waals surface area contributed by atoms with Crippen molar-refractivity contribution in [1.29, 1.82) is 0 Å². The first-order chi connectivity index (χ1) is 9.88. The summed E-state index contributed by atoms with van der Waals surface area (Å²) in [5.74, 6) is -1.76. The summed E-state index contributed by atoms with van der Waals surface area (Å²) in [5, 5.41) is 8.36. The number of hydrogen-bond acceptors (Lipinski definition) is 5. The van der Waals surface area contributed by atoms with Crippen LogP contribution in [0.1, 0.15) is 29.6 Å². The molecule has 1 aromatic carbocycles. The number of aliphatic carboxylic acids is 1. The molecule has 0 bridgehead atoms. The largest absolute Gasteiger partial charge is 0.480 e. The summed E-state index contributed by atoms with van der Waals surface area (Å²) >= 11 is 0. The lowest BCUT2D eigenvalue weighted by Crippen LogP contribution is -2.29. The fourth-order valence-corrected chi connectivity index (χ4v) is 1.29. The maximum Gasteiger partial charge on any atom is 0.320 e. The van der Waals surface area contributed by atoms with Crippen molar-refractivity contribution in [3.63, 3.8) is 0 Å². The van der Waals surface area contributed by atoms with Crippen molar-refractivity contribution >= 4 is 17.8 Å². The predicted octanol–water partition coefficient (Wildman–Crippen LogP) is 0.527. The number of carboxylic acid groups (broad SMARTS) is 1. The highest BCUT2D eigenvalue weighted by atomic mass is 16.5. The van der Waals surface area contributed by atoms with E-state index < -0.39 is 12.0 Å². The molecule has 0 fully saturated rings. The van der Waals surface area contributed by atoms with Crippen molar-refractivity contribution < 1.29 is 24.2 Å². The average molecular weight is 296 g/mol. The first-order valence-corrected chi connectivity index (χ1v) is 6.28. The normalized spacial score (nSPS) is 10.8. The van der Waals surface area contributed by atoms with Gasteiger partial charge in [-0.2, -0.15) is 0 Å². The quantitative estimate of drug-likeness (QED) is 0.656. The minimum Gasteiger partial charge on any atom is -0.480 e. The molecule has 21 heavy (non-hydrogen) atoms. The summed E-state index contributed by atoms with van der Waals surface area (Å²) in [6.07, 6.45) is 0.960.